The van der Waals surface area contributed by atoms with Crippen LogP contribution in [0.5, 0.6) is 0 Å². The molecule has 0 atom stereocenters. The summed E-state index contributed by atoms with van der Waals surface area (Å²) in [6.45, 7) is 9.51. The van der Waals surface area contributed by atoms with Crippen molar-refractivity contribution in [2.75, 3.05) is 11.9 Å². The highest BCUT2D eigenvalue weighted by atomic mass is 16.7. The molecule has 0 aliphatic carbocycles. The molecule has 220 valence electrons. The molecular formula is C31H35N5O6. The number of aromatic nitrogens is 3. The smallest absolute Gasteiger partial charge is 0.407 e. The fourth-order valence-corrected chi connectivity index (χ4v) is 4.27. The normalized spacial score (nSPS) is 11.2. The van der Waals surface area contributed by atoms with Crippen LogP contribution in [0.3, 0.4) is 0 Å². The van der Waals surface area contributed by atoms with E-state index in [1.165, 1.54) is 6.33 Å². The SMILES string of the molecule is CCOC(=O)c1c(NCc2cccc(CNC(=O)OC(C)(C)C)c2)c2c(C)ncnc2n(OCc2ccccc2)c1=O. The molecule has 2 aromatic heterocycles. The number of carbonyl (C=O) groups excluding carboxylic acids is 2. The Labute approximate surface area is 243 Å². The lowest BCUT2D eigenvalue weighted by Crippen LogP contribution is -2.34. The number of rotatable bonds is 10. The van der Waals surface area contributed by atoms with Crippen molar-refractivity contribution in [3.63, 3.8) is 0 Å². The van der Waals surface area contributed by atoms with Crippen LogP contribution in [-0.4, -0.2) is 39.0 Å². The zero-order chi connectivity index (χ0) is 30.3. The third-order valence-corrected chi connectivity index (χ3v) is 6.09. The Bertz CT molecular complexity index is 1630. The van der Waals surface area contributed by atoms with E-state index < -0.39 is 23.2 Å². The van der Waals surface area contributed by atoms with Gasteiger partial charge in [0.1, 0.15) is 18.5 Å². The maximum atomic E-state index is 13.8. The molecule has 0 saturated carbocycles. The number of nitrogens with zero attached hydrogens (tertiary/aromatic N) is 3. The molecule has 0 radical (unpaired) electrons. The number of hydrogen-bond donors (Lipinski definition) is 2. The van der Waals surface area contributed by atoms with Crippen molar-refractivity contribution in [2.24, 2.45) is 0 Å². The largest absolute Gasteiger partial charge is 0.462 e. The lowest BCUT2D eigenvalue weighted by molar-refractivity contribution is 0.0507. The van der Waals surface area contributed by atoms with Crippen LogP contribution in [0.4, 0.5) is 10.5 Å². The number of ether oxygens (including phenoxy) is 2. The van der Waals surface area contributed by atoms with Gasteiger partial charge in [0, 0.05) is 13.1 Å². The highest BCUT2D eigenvalue weighted by Crippen LogP contribution is 2.27. The average Bonchev–Trinajstić information content (AvgIpc) is 2.94. The van der Waals surface area contributed by atoms with Crippen molar-refractivity contribution in [2.45, 2.75) is 59.9 Å². The van der Waals surface area contributed by atoms with Gasteiger partial charge in [0.2, 0.25) is 0 Å². The van der Waals surface area contributed by atoms with Gasteiger partial charge in [-0.15, -0.1) is 4.73 Å². The van der Waals surface area contributed by atoms with Gasteiger partial charge in [0.25, 0.3) is 0 Å². The summed E-state index contributed by atoms with van der Waals surface area (Å²) in [5.41, 5.74) is 2.03. The second kappa shape index (κ2) is 13.2. The lowest BCUT2D eigenvalue weighted by Gasteiger charge is -2.20. The van der Waals surface area contributed by atoms with Crippen LogP contribution >= 0.6 is 0 Å². The molecule has 2 N–H and O–H groups in total. The number of alkyl carbamates (subject to hydrolysis) is 1. The first-order valence-electron chi connectivity index (χ1n) is 13.6. The number of anilines is 1. The summed E-state index contributed by atoms with van der Waals surface area (Å²) in [7, 11) is 0. The second-order valence-corrected chi connectivity index (χ2v) is 10.5. The van der Waals surface area contributed by atoms with Gasteiger partial charge >= 0.3 is 17.6 Å². The summed E-state index contributed by atoms with van der Waals surface area (Å²) in [6, 6.07) is 16.9. The summed E-state index contributed by atoms with van der Waals surface area (Å²) in [6.07, 6.45) is 0.830. The van der Waals surface area contributed by atoms with Crippen LogP contribution in [0.25, 0.3) is 11.0 Å². The quantitative estimate of drug-likeness (QED) is 0.262. The van der Waals surface area contributed by atoms with Gasteiger partial charge < -0.3 is 24.9 Å². The molecule has 0 saturated heterocycles. The fraction of sp³-hybridized carbons (Fsp3) is 0.323. The van der Waals surface area contributed by atoms with E-state index >= 15 is 0 Å². The van der Waals surface area contributed by atoms with Crippen LogP contribution in [0.1, 0.15) is 60.4 Å². The standard InChI is InChI=1S/C31H35N5O6/c1-6-40-29(38)25-26(32-16-22-13-10-14-23(15-22)17-33-30(39)42-31(3,4)5)24-20(2)34-19-35-27(24)36(28(25)37)41-18-21-11-8-7-9-12-21/h7-15,19,32H,6,16-18H2,1-5H3,(H,33,39). The number of pyridine rings is 1. The third-order valence-electron chi connectivity index (χ3n) is 6.09. The van der Waals surface area contributed by atoms with Gasteiger partial charge in [-0.3, -0.25) is 4.79 Å². The van der Waals surface area contributed by atoms with Gasteiger partial charge in [-0.25, -0.2) is 19.6 Å². The molecule has 11 heteroatoms. The first-order valence-corrected chi connectivity index (χ1v) is 13.6. The van der Waals surface area contributed by atoms with E-state index in [1.807, 2.05) is 54.6 Å². The van der Waals surface area contributed by atoms with E-state index in [0.717, 1.165) is 21.4 Å². The molecule has 4 rings (SSSR count). The Balaban J connectivity index is 1.67. The minimum atomic E-state index is -0.789. The molecule has 2 aromatic carbocycles. The van der Waals surface area contributed by atoms with E-state index in [0.29, 0.717) is 11.1 Å². The Morgan fingerprint density at radius 1 is 0.952 bits per heavy atom. The number of aryl methyl sites for hydroxylation is 1. The summed E-state index contributed by atoms with van der Waals surface area (Å²) in [4.78, 5) is 53.5. The molecule has 42 heavy (non-hydrogen) atoms. The third kappa shape index (κ3) is 7.42. The fourth-order valence-electron chi connectivity index (χ4n) is 4.27. The van der Waals surface area contributed by atoms with Crippen molar-refractivity contribution in [1.82, 2.24) is 20.0 Å². The van der Waals surface area contributed by atoms with Crippen LogP contribution < -0.4 is 21.0 Å². The molecule has 0 aliphatic rings. The maximum absolute atomic E-state index is 13.8. The Morgan fingerprint density at radius 2 is 1.64 bits per heavy atom. The predicted octanol–water partition coefficient (Wildman–Crippen LogP) is 4.54. The Kier molecular flexibility index (Phi) is 9.41. The van der Waals surface area contributed by atoms with Crippen molar-refractivity contribution in [1.29, 1.82) is 0 Å². The van der Waals surface area contributed by atoms with E-state index in [4.69, 9.17) is 14.3 Å². The van der Waals surface area contributed by atoms with Gasteiger partial charge in [0.15, 0.2) is 11.2 Å². The average molecular weight is 574 g/mol. The van der Waals surface area contributed by atoms with Gasteiger partial charge in [0.05, 0.1) is 23.4 Å². The first-order chi connectivity index (χ1) is 20.1. The maximum Gasteiger partial charge on any atom is 0.407 e. The zero-order valence-electron chi connectivity index (χ0n) is 24.4. The van der Waals surface area contributed by atoms with Gasteiger partial charge in [-0.1, -0.05) is 54.6 Å². The molecule has 1 amide bonds. The van der Waals surface area contributed by atoms with E-state index in [2.05, 4.69) is 20.6 Å². The minimum absolute atomic E-state index is 0.0809. The van der Waals surface area contributed by atoms with Gasteiger partial charge in [-0.2, -0.15) is 0 Å². The van der Waals surface area contributed by atoms with E-state index in [-0.39, 0.29) is 43.2 Å². The number of nitrogens with one attached hydrogen (secondary N) is 2. The number of carbonyl (C=O) groups is 2. The van der Waals surface area contributed by atoms with E-state index in [9.17, 15) is 14.4 Å². The highest BCUT2D eigenvalue weighted by molar-refractivity contribution is 6.04. The van der Waals surface area contributed by atoms with Crippen LogP contribution in [0.15, 0.2) is 65.7 Å². The molecule has 0 spiro atoms. The number of benzene rings is 2. The Morgan fingerprint density at radius 3 is 2.33 bits per heavy atom. The molecule has 2 heterocycles. The molecule has 11 nitrogen and oxygen atoms in total. The molecule has 0 unspecified atom stereocenters. The monoisotopic (exact) mass is 573 g/mol. The minimum Gasteiger partial charge on any atom is -0.462 e. The molecule has 0 bridgehead atoms. The summed E-state index contributed by atoms with van der Waals surface area (Å²) >= 11 is 0. The van der Waals surface area contributed by atoms with Crippen molar-refractivity contribution in [3.8, 4) is 0 Å². The highest BCUT2D eigenvalue weighted by Gasteiger charge is 2.26. The summed E-state index contributed by atoms with van der Waals surface area (Å²) < 4.78 is 11.6. The van der Waals surface area contributed by atoms with Crippen LogP contribution in [0, 0.1) is 6.92 Å². The van der Waals surface area contributed by atoms with Crippen molar-refractivity contribution in [3.05, 3.63) is 99.2 Å². The zero-order valence-corrected chi connectivity index (χ0v) is 24.4. The van der Waals surface area contributed by atoms with Gasteiger partial charge in [-0.05, 0) is 51.3 Å². The first kappa shape index (κ1) is 30.0. The van der Waals surface area contributed by atoms with Crippen LogP contribution in [0.2, 0.25) is 0 Å². The molecule has 4 aromatic rings. The second-order valence-electron chi connectivity index (χ2n) is 10.5. The van der Waals surface area contributed by atoms with E-state index in [1.54, 1.807) is 34.6 Å². The predicted molar refractivity (Wildman–Crippen MR) is 158 cm³/mol. The van der Waals surface area contributed by atoms with Crippen molar-refractivity contribution < 1.29 is 23.9 Å². The van der Waals surface area contributed by atoms with Crippen LogP contribution in [-0.2, 0) is 29.2 Å². The molecule has 0 fully saturated rings. The number of fused-ring (bicyclic) bond motifs is 1. The number of hydrogen-bond acceptors (Lipinski definition) is 9. The summed E-state index contributed by atoms with van der Waals surface area (Å²) in [5, 5.41) is 6.46. The molecule has 0 aliphatic heterocycles. The topological polar surface area (TPSA) is 134 Å². The summed E-state index contributed by atoms with van der Waals surface area (Å²) in [5.74, 6) is -0.789. The number of amides is 1. The van der Waals surface area contributed by atoms with Crippen molar-refractivity contribution >= 4 is 28.8 Å². The lowest BCUT2D eigenvalue weighted by atomic mass is 10.1. The number of esters is 1. The molecular weight excluding hydrogens is 538 g/mol. The Hall–Kier alpha value is -4.93.